The van der Waals surface area contributed by atoms with Crippen molar-refractivity contribution in [3.8, 4) is 34.5 Å². The van der Waals surface area contributed by atoms with Gasteiger partial charge in [0.25, 0.3) is 0 Å². The molecule has 2 aliphatic carbocycles. The zero-order chi connectivity index (χ0) is 45.0. The second-order valence-electron chi connectivity index (χ2n) is 16.1. The number of carbonyl (C=O) groups excluding carboxylic acids is 8. The lowest BCUT2D eigenvalue weighted by Crippen LogP contribution is -2.55. The van der Waals surface area contributed by atoms with Crippen LogP contribution in [0.3, 0.4) is 0 Å². The van der Waals surface area contributed by atoms with E-state index in [-0.39, 0.29) is 25.7 Å². The minimum absolute atomic E-state index is 0.184. The topological polar surface area (TPSA) is 298 Å². The van der Waals surface area contributed by atoms with Crippen LogP contribution in [0.15, 0.2) is 22.7 Å². The molecule has 2 atom stereocenters. The molecule has 16 nitrogen and oxygen atoms in total. The zero-order valence-electron chi connectivity index (χ0n) is 33.9. The Morgan fingerprint density at radius 1 is 0.576 bits per heavy atom. The molecular weight excluding hydrogens is 772 g/mol. The Hall–Kier alpha value is -6.32. The number of benzene rings is 2. The Kier molecular flexibility index (Phi) is 12.4. The Balaban J connectivity index is 2.06. The number of phenolic OH excluding ortho intramolecular Hbond substituents is 6. The number of aromatic hydroxyl groups is 6. The molecule has 2 unspecified atom stereocenters. The van der Waals surface area contributed by atoms with Gasteiger partial charge in [-0.1, -0.05) is 13.8 Å². The van der Waals surface area contributed by atoms with Gasteiger partial charge in [0.15, 0.2) is 40.5 Å². The molecule has 0 amide bonds. The fourth-order valence-corrected chi connectivity index (χ4v) is 7.74. The van der Waals surface area contributed by atoms with Crippen molar-refractivity contribution in [2.24, 2.45) is 22.7 Å². The molecule has 2 aromatic rings. The minimum atomic E-state index is -1.87. The van der Waals surface area contributed by atoms with Crippen LogP contribution in [0.5, 0.6) is 34.5 Å². The Morgan fingerprint density at radius 2 is 1.00 bits per heavy atom. The van der Waals surface area contributed by atoms with E-state index in [2.05, 4.69) is 0 Å². The van der Waals surface area contributed by atoms with Crippen molar-refractivity contribution in [2.75, 3.05) is 0 Å². The van der Waals surface area contributed by atoms with Crippen LogP contribution in [0.25, 0.3) is 0 Å². The van der Waals surface area contributed by atoms with Gasteiger partial charge in [-0.2, -0.15) is 0 Å². The number of aliphatic hydroxyl groups is 2. The Bertz CT molecular complexity index is 2330. The van der Waals surface area contributed by atoms with Gasteiger partial charge in [0, 0.05) is 53.5 Å². The van der Waals surface area contributed by atoms with Gasteiger partial charge >= 0.3 is 0 Å². The summed E-state index contributed by atoms with van der Waals surface area (Å²) in [5.41, 5.74) is -9.15. The number of Topliss-reactive ketones (excluding diaryl/α,β-unsaturated/α-hetero) is 8. The molecule has 0 heterocycles. The standard InChI is InChI=1S/C43H48O16/c1-9-11-24(46)28-32(50)18(30(48)20(34(28)52)14-22-36(54)26(16(3)44)40(58)42(5,6)38(22)56)13-19-31(49)21(35(53)29(33(19)51)25(47)12-10-2)15-23-37(55)27(17(4)45)41(59)43(7,8)39(23)57/h22,26,48-53,55,57H,9-15H2,1-8H3. The van der Waals surface area contributed by atoms with Crippen LogP contribution in [-0.2, 0) is 48.0 Å². The molecule has 2 aromatic carbocycles. The predicted octanol–water partition coefficient (Wildman–Crippen LogP) is 4.95. The van der Waals surface area contributed by atoms with Gasteiger partial charge in [-0.05, 0) is 60.8 Å². The summed E-state index contributed by atoms with van der Waals surface area (Å²) in [6, 6.07) is 0. The second kappa shape index (κ2) is 16.1. The molecular formula is C43H48O16. The number of aliphatic hydroxyl groups excluding tert-OH is 2. The molecule has 0 saturated heterocycles. The molecule has 0 aromatic heterocycles. The molecule has 316 valence electrons. The number of allylic oxidation sites excluding steroid dienone is 3. The van der Waals surface area contributed by atoms with Crippen LogP contribution >= 0.6 is 0 Å². The quantitative estimate of drug-likeness (QED) is 0.0710. The highest BCUT2D eigenvalue weighted by Gasteiger charge is 2.55. The highest BCUT2D eigenvalue weighted by molar-refractivity contribution is 6.33. The van der Waals surface area contributed by atoms with Gasteiger partial charge in [0.2, 0.25) is 0 Å². The highest BCUT2D eigenvalue weighted by atomic mass is 16.3. The molecule has 4 rings (SSSR count). The van der Waals surface area contributed by atoms with Gasteiger partial charge in [0.1, 0.15) is 74.4 Å². The molecule has 0 radical (unpaired) electrons. The number of carbonyl (C=O) groups is 8. The fraction of sp³-hybridized carbons (Fsp3) is 0.442. The van der Waals surface area contributed by atoms with Crippen molar-refractivity contribution in [1.29, 1.82) is 0 Å². The molecule has 16 heteroatoms. The molecule has 1 fully saturated rings. The van der Waals surface area contributed by atoms with Crippen LogP contribution in [0.1, 0.15) is 124 Å². The van der Waals surface area contributed by atoms with E-state index in [1.54, 1.807) is 13.8 Å². The fourth-order valence-electron chi connectivity index (χ4n) is 7.74. The van der Waals surface area contributed by atoms with E-state index in [4.69, 9.17) is 0 Å². The normalized spacial score (nSPS) is 19.1. The van der Waals surface area contributed by atoms with Crippen molar-refractivity contribution >= 4 is 46.3 Å². The first-order valence-corrected chi connectivity index (χ1v) is 18.9. The summed E-state index contributed by atoms with van der Waals surface area (Å²) in [6.07, 6.45) is -2.96. The summed E-state index contributed by atoms with van der Waals surface area (Å²) in [5.74, 6) is -19.2. The monoisotopic (exact) mass is 820 g/mol. The van der Waals surface area contributed by atoms with Crippen LogP contribution in [-0.4, -0.2) is 87.1 Å². The first-order valence-electron chi connectivity index (χ1n) is 18.9. The lowest BCUT2D eigenvalue weighted by atomic mass is 9.62. The lowest BCUT2D eigenvalue weighted by Gasteiger charge is -2.35. The second-order valence-corrected chi connectivity index (χ2v) is 16.1. The average molecular weight is 821 g/mol. The van der Waals surface area contributed by atoms with Gasteiger partial charge in [-0.3, -0.25) is 38.4 Å². The lowest BCUT2D eigenvalue weighted by molar-refractivity contribution is -0.156. The third kappa shape index (κ3) is 7.36. The number of ketones is 8. The van der Waals surface area contributed by atoms with Crippen molar-refractivity contribution in [2.45, 2.75) is 100 Å². The summed E-state index contributed by atoms with van der Waals surface area (Å²) in [4.78, 5) is 105. The van der Waals surface area contributed by atoms with Crippen molar-refractivity contribution in [1.82, 2.24) is 0 Å². The average Bonchev–Trinajstić information content (AvgIpc) is 3.13. The number of hydrogen-bond donors (Lipinski definition) is 8. The van der Waals surface area contributed by atoms with Gasteiger partial charge in [-0.15, -0.1) is 0 Å². The van der Waals surface area contributed by atoms with E-state index in [1.807, 2.05) is 0 Å². The summed E-state index contributed by atoms with van der Waals surface area (Å²) in [7, 11) is 0. The maximum atomic E-state index is 13.6. The van der Waals surface area contributed by atoms with E-state index >= 15 is 0 Å². The summed E-state index contributed by atoms with van der Waals surface area (Å²) in [6.45, 7) is 10.1. The zero-order valence-corrected chi connectivity index (χ0v) is 33.9. The molecule has 2 aliphatic rings. The van der Waals surface area contributed by atoms with Crippen LogP contribution in [0.2, 0.25) is 0 Å². The van der Waals surface area contributed by atoms with Gasteiger partial charge in [0.05, 0.1) is 16.7 Å². The molecule has 59 heavy (non-hydrogen) atoms. The molecule has 0 aliphatic heterocycles. The predicted molar refractivity (Wildman–Crippen MR) is 207 cm³/mol. The summed E-state index contributed by atoms with van der Waals surface area (Å²) in [5, 5.41) is 91.8. The number of hydrogen-bond acceptors (Lipinski definition) is 16. The number of phenols is 6. The van der Waals surface area contributed by atoms with Crippen molar-refractivity contribution in [3.05, 3.63) is 56.0 Å². The maximum Gasteiger partial charge on any atom is 0.183 e. The van der Waals surface area contributed by atoms with E-state index in [1.165, 1.54) is 27.7 Å². The molecule has 1 saturated carbocycles. The Labute approximate surface area is 338 Å². The highest BCUT2D eigenvalue weighted by Crippen LogP contribution is 2.51. The van der Waals surface area contributed by atoms with E-state index < -0.39 is 179 Å². The first-order chi connectivity index (χ1) is 27.2. The number of rotatable bonds is 14. The van der Waals surface area contributed by atoms with Gasteiger partial charge in [-0.25, -0.2) is 0 Å². The van der Waals surface area contributed by atoms with Crippen LogP contribution in [0, 0.1) is 22.7 Å². The summed E-state index contributed by atoms with van der Waals surface area (Å²) < 4.78 is 0. The van der Waals surface area contributed by atoms with E-state index in [0.29, 0.717) is 0 Å². The molecule has 0 bridgehead atoms. The minimum Gasteiger partial charge on any atom is -0.511 e. The van der Waals surface area contributed by atoms with Crippen LogP contribution in [0.4, 0.5) is 0 Å². The van der Waals surface area contributed by atoms with E-state index in [9.17, 15) is 79.2 Å². The maximum absolute atomic E-state index is 13.6. The summed E-state index contributed by atoms with van der Waals surface area (Å²) >= 11 is 0. The van der Waals surface area contributed by atoms with E-state index in [0.717, 1.165) is 13.8 Å². The molecule has 0 spiro atoms. The molecule has 8 N–H and O–H groups in total. The van der Waals surface area contributed by atoms with Crippen molar-refractivity contribution in [3.63, 3.8) is 0 Å². The first kappa shape index (κ1) is 45.4. The third-order valence-electron chi connectivity index (χ3n) is 11.3. The smallest absolute Gasteiger partial charge is 0.183 e. The largest absolute Gasteiger partial charge is 0.511 e. The van der Waals surface area contributed by atoms with Crippen LogP contribution < -0.4 is 0 Å². The van der Waals surface area contributed by atoms with Crippen molar-refractivity contribution < 1.29 is 79.2 Å². The van der Waals surface area contributed by atoms with Gasteiger partial charge < -0.3 is 40.9 Å². The Morgan fingerprint density at radius 3 is 1.42 bits per heavy atom. The SMILES string of the molecule is CCCC(=O)c1c(O)c(CC2=C(O)C(C)(C)C(=O)C(C(C)=O)=C2O)c(O)c(Cc2c(O)c(CC3C(=O)C(C(C)=O)C(=O)C(C)(C)C3=O)c(O)c(C(=O)CCC)c2O)c1O. The third-order valence-corrected chi connectivity index (χ3v) is 11.3.